The molecule has 0 aliphatic rings. The zero-order chi connectivity index (χ0) is 29.5. The van der Waals surface area contributed by atoms with Gasteiger partial charge in [-0.2, -0.15) is 0 Å². The van der Waals surface area contributed by atoms with E-state index in [1.54, 1.807) is 36.7 Å². The summed E-state index contributed by atoms with van der Waals surface area (Å²) < 4.78 is 16.0. The van der Waals surface area contributed by atoms with Gasteiger partial charge in [-0.3, -0.25) is 14.6 Å². The van der Waals surface area contributed by atoms with Crippen molar-refractivity contribution in [3.8, 4) is 22.4 Å². The first-order valence-electron chi connectivity index (χ1n) is 13.5. The fourth-order valence-electron chi connectivity index (χ4n) is 5.12. The average Bonchev–Trinajstić information content (AvgIpc) is 3.28. The number of carbonyl (C=O) groups is 2. The SMILES string of the molecule is CC(C)c1c(C(=O)Nc2ccncc2)c(-c2ccccc2)c(-c2ccc(F)cc2)n1CC[C@@H](O)C[C@@H](O)CC(=O)O.[Ca]. The number of halogens is 1. The number of rotatable bonds is 12. The van der Waals surface area contributed by atoms with E-state index in [1.165, 1.54) is 12.1 Å². The molecule has 8 nitrogen and oxygen atoms in total. The van der Waals surface area contributed by atoms with Crippen LogP contribution in [0, 0.1) is 5.82 Å². The number of amides is 1. The monoisotopic (exact) mass is 599 g/mol. The van der Waals surface area contributed by atoms with E-state index in [1.807, 2.05) is 48.7 Å². The number of carboxylic acid groups (broad SMARTS) is 1. The molecule has 10 heteroatoms. The Hall–Kier alpha value is -3.08. The number of aliphatic hydroxyl groups is 2. The van der Waals surface area contributed by atoms with Crippen LogP contribution in [0.3, 0.4) is 0 Å². The van der Waals surface area contributed by atoms with E-state index in [9.17, 15) is 24.2 Å². The smallest absolute Gasteiger partial charge is 0.305 e. The molecule has 1 amide bonds. The van der Waals surface area contributed by atoms with E-state index in [2.05, 4.69) is 10.3 Å². The Morgan fingerprint density at radius 2 is 1.57 bits per heavy atom. The quantitative estimate of drug-likeness (QED) is 0.163. The van der Waals surface area contributed by atoms with Crippen LogP contribution in [-0.2, 0) is 11.3 Å². The summed E-state index contributed by atoms with van der Waals surface area (Å²) in [6.07, 6.45) is 0.641. The van der Waals surface area contributed by atoms with Crippen LogP contribution in [0.5, 0.6) is 0 Å². The van der Waals surface area contributed by atoms with Crippen molar-refractivity contribution in [2.45, 2.75) is 57.8 Å². The molecule has 2 atom stereocenters. The first-order valence-corrected chi connectivity index (χ1v) is 13.5. The van der Waals surface area contributed by atoms with Crippen LogP contribution in [0.4, 0.5) is 10.1 Å². The molecule has 2 aromatic heterocycles. The number of hydrogen-bond acceptors (Lipinski definition) is 5. The van der Waals surface area contributed by atoms with Crippen LogP contribution in [0.2, 0.25) is 0 Å². The number of nitrogens with zero attached hydrogens (tertiary/aromatic N) is 2. The summed E-state index contributed by atoms with van der Waals surface area (Å²) in [6.45, 7) is 4.22. The second-order valence-electron chi connectivity index (χ2n) is 10.3. The maximum atomic E-state index is 14.0. The minimum absolute atomic E-state index is 0. The molecule has 4 aromatic rings. The molecule has 4 N–H and O–H groups in total. The van der Waals surface area contributed by atoms with Crippen LogP contribution in [0.25, 0.3) is 22.4 Å². The summed E-state index contributed by atoms with van der Waals surface area (Å²) in [5, 5.41) is 32.7. The number of nitrogens with one attached hydrogen (secondary N) is 1. The topological polar surface area (TPSA) is 125 Å². The third-order valence-electron chi connectivity index (χ3n) is 6.84. The van der Waals surface area contributed by atoms with E-state index >= 15 is 0 Å². The molecule has 216 valence electrons. The zero-order valence-electron chi connectivity index (χ0n) is 23.7. The molecule has 0 saturated carbocycles. The molecule has 0 bridgehead atoms. The van der Waals surface area contributed by atoms with Crippen molar-refractivity contribution in [1.82, 2.24) is 9.55 Å². The molecule has 0 aliphatic carbocycles. The number of anilines is 1. The van der Waals surface area contributed by atoms with Gasteiger partial charge in [0.15, 0.2) is 0 Å². The Kier molecular flexibility index (Phi) is 12.3. The fourth-order valence-corrected chi connectivity index (χ4v) is 5.12. The van der Waals surface area contributed by atoms with Crippen LogP contribution in [0.15, 0.2) is 79.1 Å². The maximum absolute atomic E-state index is 14.0. The first kappa shape index (κ1) is 33.4. The Morgan fingerprint density at radius 3 is 2.17 bits per heavy atom. The van der Waals surface area contributed by atoms with Gasteiger partial charge in [-0.1, -0.05) is 44.2 Å². The van der Waals surface area contributed by atoms with Gasteiger partial charge < -0.3 is 25.2 Å². The van der Waals surface area contributed by atoms with Crippen LogP contribution in [0.1, 0.15) is 55.1 Å². The summed E-state index contributed by atoms with van der Waals surface area (Å²) in [7, 11) is 0. The number of hydrogen-bond donors (Lipinski definition) is 4. The van der Waals surface area contributed by atoms with Crippen molar-refractivity contribution in [3.05, 3.63) is 96.2 Å². The third kappa shape index (κ3) is 8.26. The molecule has 0 unspecified atom stereocenters. The molecule has 0 spiro atoms. The summed E-state index contributed by atoms with van der Waals surface area (Å²) in [5.74, 6) is -1.98. The van der Waals surface area contributed by atoms with Gasteiger partial charge >= 0.3 is 5.97 Å². The standard InChI is InChI=1S/C32H34FN3O5.Ca/c1-20(2)30-29(32(41)35-24-12-15-34-16-13-24)28(21-6-4-3-5-7-21)31(22-8-10-23(33)11-9-22)36(30)17-14-25(37)18-26(38)19-27(39)40;/h3-13,15-16,20,25-26,37-38H,14,17-19H2,1-2H3,(H,39,40)(H,34,35,41);/t25-,26-;/m1./s1. The van der Waals surface area contributed by atoms with Gasteiger partial charge in [0.2, 0.25) is 0 Å². The maximum Gasteiger partial charge on any atom is 0.305 e. The summed E-state index contributed by atoms with van der Waals surface area (Å²) >= 11 is 0. The Labute approximate surface area is 274 Å². The number of benzene rings is 2. The summed E-state index contributed by atoms with van der Waals surface area (Å²) in [4.78, 5) is 29.0. The van der Waals surface area contributed by atoms with Gasteiger partial charge in [-0.05, 0) is 66.3 Å². The first-order chi connectivity index (χ1) is 19.7. The number of aromatic nitrogens is 2. The Morgan fingerprint density at radius 1 is 0.929 bits per heavy atom. The molecule has 2 radical (unpaired) electrons. The Balaban J connectivity index is 0.00000484. The minimum Gasteiger partial charge on any atom is -0.481 e. The zero-order valence-corrected chi connectivity index (χ0v) is 25.9. The number of carbonyl (C=O) groups excluding carboxylic acids is 1. The largest absolute Gasteiger partial charge is 0.481 e. The van der Waals surface area contributed by atoms with Gasteiger partial charge in [0.1, 0.15) is 5.82 Å². The molecule has 2 aromatic carbocycles. The van der Waals surface area contributed by atoms with E-state index in [0.29, 0.717) is 28.1 Å². The molecule has 42 heavy (non-hydrogen) atoms. The van der Waals surface area contributed by atoms with Crippen LogP contribution >= 0.6 is 0 Å². The van der Waals surface area contributed by atoms with E-state index < -0.39 is 30.4 Å². The fraction of sp³-hybridized carbons (Fsp3) is 0.281. The molecule has 4 rings (SSSR count). The van der Waals surface area contributed by atoms with Gasteiger partial charge in [0, 0.05) is 73.6 Å². The third-order valence-corrected chi connectivity index (χ3v) is 6.84. The number of carboxylic acids is 1. The van der Waals surface area contributed by atoms with Crippen molar-refractivity contribution in [2.75, 3.05) is 5.32 Å². The molecule has 0 fully saturated rings. The molecule has 2 heterocycles. The predicted octanol–water partition coefficient (Wildman–Crippen LogP) is 5.33. The van der Waals surface area contributed by atoms with Crippen molar-refractivity contribution >= 4 is 55.3 Å². The normalized spacial score (nSPS) is 12.4. The van der Waals surface area contributed by atoms with E-state index in [4.69, 9.17) is 5.11 Å². The van der Waals surface area contributed by atoms with E-state index in [-0.39, 0.29) is 68.9 Å². The minimum atomic E-state index is -1.19. The van der Waals surface area contributed by atoms with Crippen LogP contribution < -0.4 is 5.32 Å². The summed E-state index contributed by atoms with van der Waals surface area (Å²) in [5.41, 5.74) is 4.62. The Bertz CT molecular complexity index is 1480. The van der Waals surface area contributed by atoms with Crippen LogP contribution in [-0.4, -0.2) is 86.7 Å². The second kappa shape index (κ2) is 15.4. The van der Waals surface area contributed by atoms with Gasteiger partial charge in [0.05, 0.1) is 29.9 Å². The van der Waals surface area contributed by atoms with E-state index in [0.717, 1.165) is 11.3 Å². The number of aliphatic hydroxyl groups excluding tert-OH is 2. The molecular formula is C32H34CaFN3O5. The second-order valence-corrected chi connectivity index (χ2v) is 10.3. The predicted molar refractivity (Wildman–Crippen MR) is 161 cm³/mol. The number of pyridine rings is 1. The number of aliphatic carboxylic acids is 1. The molecular weight excluding hydrogens is 565 g/mol. The van der Waals surface area contributed by atoms with Crippen molar-refractivity contribution in [1.29, 1.82) is 0 Å². The van der Waals surface area contributed by atoms with Gasteiger partial charge in [0.25, 0.3) is 5.91 Å². The van der Waals surface area contributed by atoms with Gasteiger partial charge in [-0.25, -0.2) is 4.39 Å². The average molecular weight is 600 g/mol. The van der Waals surface area contributed by atoms with Crippen molar-refractivity contribution in [2.24, 2.45) is 0 Å². The molecule has 0 saturated heterocycles. The van der Waals surface area contributed by atoms with Crippen molar-refractivity contribution < 1.29 is 29.3 Å². The van der Waals surface area contributed by atoms with Gasteiger partial charge in [-0.15, -0.1) is 0 Å². The van der Waals surface area contributed by atoms with Crippen molar-refractivity contribution in [3.63, 3.8) is 0 Å². The molecule has 0 aliphatic heterocycles. The summed E-state index contributed by atoms with van der Waals surface area (Å²) in [6, 6.07) is 18.9.